The zero-order chi connectivity index (χ0) is 22.9. The number of hydrogen-bond donors (Lipinski definition) is 2. The Hall–Kier alpha value is -3.31. The molecule has 1 fully saturated rings. The van der Waals surface area contributed by atoms with E-state index in [1.807, 2.05) is 0 Å². The number of carbonyl (C=O) groups excluding carboxylic acids is 1. The summed E-state index contributed by atoms with van der Waals surface area (Å²) in [4.78, 5) is 26.2. The average molecular weight is 446 g/mol. The molecule has 1 unspecified atom stereocenters. The van der Waals surface area contributed by atoms with Gasteiger partial charge in [-0.25, -0.2) is 15.0 Å². The standard InChI is InChI=1S/C21H21F3N6O2/c1-26-20-18-17(27-11-28-20)14(19(25)31)8-15(29-18)13-4-2-12(3-5-13)9-30-6-7-32-10-16(30)21(22,23)24/h2-5,8,11,16H,6-7,9-10H2,1H3,(H2,25,31)(H,26,27,28). The summed E-state index contributed by atoms with van der Waals surface area (Å²) >= 11 is 0. The predicted molar refractivity (Wildman–Crippen MR) is 112 cm³/mol. The van der Waals surface area contributed by atoms with Gasteiger partial charge in [0, 0.05) is 25.7 Å². The molecule has 0 bridgehead atoms. The van der Waals surface area contributed by atoms with Crippen LogP contribution in [0.1, 0.15) is 15.9 Å². The lowest BCUT2D eigenvalue weighted by Gasteiger charge is -2.36. The molecule has 168 valence electrons. The summed E-state index contributed by atoms with van der Waals surface area (Å²) in [6.45, 7) is 0.238. The van der Waals surface area contributed by atoms with Gasteiger partial charge in [0.2, 0.25) is 0 Å². The third-order valence-electron chi connectivity index (χ3n) is 5.35. The van der Waals surface area contributed by atoms with Gasteiger partial charge in [-0.3, -0.25) is 9.69 Å². The Balaban J connectivity index is 1.65. The first kappa shape index (κ1) is 21.9. The van der Waals surface area contributed by atoms with Crippen LogP contribution < -0.4 is 11.1 Å². The number of pyridine rings is 1. The van der Waals surface area contributed by atoms with Gasteiger partial charge in [-0.1, -0.05) is 24.3 Å². The van der Waals surface area contributed by atoms with E-state index in [9.17, 15) is 18.0 Å². The van der Waals surface area contributed by atoms with E-state index in [-0.39, 0.29) is 31.9 Å². The highest BCUT2D eigenvalue weighted by Crippen LogP contribution is 2.30. The lowest BCUT2D eigenvalue weighted by atomic mass is 10.0. The molecule has 0 saturated carbocycles. The van der Waals surface area contributed by atoms with Crippen molar-refractivity contribution in [2.75, 3.05) is 32.1 Å². The van der Waals surface area contributed by atoms with Crippen LogP contribution in [0.25, 0.3) is 22.3 Å². The van der Waals surface area contributed by atoms with E-state index >= 15 is 0 Å². The topological polar surface area (TPSA) is 106 Å². The number of aromatic nitrogens is 3. The number of amides is 1. The second kappa shape index (κ2) is 8.67. The SMILES string of the molecule is CNc1ncnc2c(C(N)=O)cc(-c3ccc(CN4CCOCC4C(F)(F)F)cc3)nc12. The summed E-state index contributed by atoms with van der Waals surface area (Å²) in [6.07, 6.45) is -3.04. The lowest BCUT2D eigenvalue weighted by Crippen LogP contribution is -2.52. The second-order valence-electron chi connectivity index (χ2n) is 7.39. The monoisotopic (exact) mass is 446 g/mol. The molecular weight excluding hydrogens is 425 g/mol. The van der Waals surface area contributed by atoms with Crippen molar-refractivity contribution in [1.29, 1.82) is 0 Å². The van der Waals surface area contributed by atoms with E-state index in [1.54, 1.807) is 37.4 Å². The first-order valence-electron chi connectivity index (χ1n) is 9.89. The Bertz CT molecular complexity index is 1140. The van der Waals surface area contributed by atoms with Gasteiger partial charge in [-0.2, -0.15) is 13.2 Å². The van der Waals surface area contributed by atoms with Crippen LogP contribution in [0.2, 0.25) is 0 Å². The summed E-state index contributed by atoms with van der Waals surface area (Å²) in [5.74, 6) is -0.206. The maximum absolute atomic E-state index is 13.3. The summed E-state index contributed by atoms with van der Waals surface area (Å²) in [5.41, 5.74) is 8.35. The van der Waals surface area contributed by atoms with Gasteiger partial charge in [0.05, 0.1) is 24.5 Å². The number of carbonyl (C=O) groups is 1. The molecule has 11 heteroatoms. The molecule has 32 heavy (non-hydrogen) atoms. The van der Waals surface area contributed by atoms with Gasteiger partial charge >= 0.3 is 6.18 Å². The minimum Gasteiger partial charge on any atom is -0.378 e. The largest absolute Gasteiger partial charge is 0.406 e. The number of nitrogens with two attached hydrogens (primary N) is 1. The molecule has 3 N–H and O–H groups in total. The number of ether oxygens (including phenoxy) is 1. The third-order valence-corrected chi connectivity index (χ3v) is 5.35. The Kier molecular flexibility index (Phi) is 5.94. The number of primary amides is 1. The molecule has 1 aliphatic rings. The number of fused-ring (bicyclic) bond motifs is 1. The van der Waals surface area contributed by atoms with Crippen molar-refractivity contribution in [2.24, 2.45) is 5.73 Å². The summed E-state index contributed by atoms with van der Waals surface area (Å²) < 4.78 is 44.9. The van der Waals surface area contributed by atoms with Gasteiger partial charge in [-0.15, -0.1) is 0 Å². The molecule has 0 aliphatic carbocycles. The third kappa shape index (κ3) is 4.34. The molecule has 1 aromatic carbocycles. The first-order valence-corrected chi connectivity index (χ1v) is 9.89. The van der Waals surface area contributed by atoms with E-state index < -0.39 is 18.1 Å². The first-order chi connectivity index (χ1) is 15.3. The lowest BCUT2D eigenvalue weighted by molar-refractivity contribution is -0.213. The Morgan fingerprint density at radius 3 is 2.66 bits per heavy atom. The minimum absolute atomic E-state index is 0.142. The van der Waals surface area contributed by atoms with E-state index in [4.69, 9.17) is 10.5 Å². The molecule has 3 aromatic rings. The molecular formula is C21H21F3N6O2. The molecule has 0 radical (unpaired) electrons. The maximum Gasteiger partial charge on any atom is 0.406 e. The normalized spacial score (nSPS) is 17.4. The predicted octanol–water partition coefficient (Wildman–Crippen LogP) is 2.60. The Labute approximate surface area is 181 Å². The number of nitrogens with zero attached hydrogens (tertiary/aromatic N) is 4. The van der Waals surface area contributed by atoms with Crippen LogP contribution in [-0.2, 0) is 11.3 Å². The van der Waals surface area contributed by atoms with E-state index in [1.165, 1.54) is 11.2 Å². The molecule has 1 saturated heterocycles. The van der Waals surface area contributed by atoms with Gasteiger partial charge in [-0.05, 0) is 11.6 Å². The number of halogens is 3. The van der Waals surface area contributed by atoms with Crippen LogP contribution in [0, 0.1) is 0 Å². The Morgan fingerprint density at radius 2 is 2.00 bits per heavy atom. The zero-order valence-electron chi connectivity index (χ0n) is 17.2. The second-order valence-corrected chi connectivity index (χ2v) is 7.39. The van der Waals surface area contributed by atoms with E-state index in [0.717, 1.165) is 5.56 Å². The molecule has 8 nitrogen and oxygen atoms in total. The van der Waals surface area contributed by atoms with Crippen LogP contribution >= 0.6 is 0 Å². The van der Waals surface area contributed by atoms with Crippen LogP contribution in [0.15, 0.2) is 36.7 Å². The minimum atomic E-state index is -4.35. The fourth-order valence-electron chi connectivity index (χ4n) is 3.70. The summed E-state index contributed by atoms with van der Waals surface area (Å²) in [5, 5.41) is 2.91. The number of hydrogen-bond acceptors (Lipinski definition) is 7. The number of morpholine rings is 1. The number of benzene rings is 1. The van der Waals surface area contributed by atoms with Crippen molar-refractivity contribution in [2.45, 2.75) is 18.8 Å². The van der Waals surface area contributed by atoms with Gasteiger partial charge in [0.25, 0.3) is 5.91 Å². The molecule has 2 aromatic heterocycles. The average Bonchev–Trinajstić information content (AvgIpc) is 2.78. The van der Waals surface area contributed by atoms with E-state index in [0.29, 0.717) is 28.1 Å². The number of rotatable bonds is 5. The molecule has 4 rings (SSSR count). The molecule has 1 amide bonds. The van der Waals surface area contributed by atoms with Crippen LogP contribution in [0.4, 0.5) is 19.0 Å². The highest BCUT2D eigenvalue weighted by atomic mass is 19.4. The number of anilines is 1. The van der Waals surface area contributed by atoms with Gasteiger partial charge in [0.15, 0.2) is 5.82 Å². The van der Waals surface area contributed by atoms with Crippen molar-refractivity contribution in [3.05, 3.63) is 47.8 Å². The molecule has 1 atom stereocenters. The van der Waals surface area contributed by atoms with Crippen molar-refractivity contribution in [3.8, 4) is 11.3 Å². The number of nitrogens with one attached hydrogen (secondary N) is 1. The van der Waals surface area contributed by atoms with Gasteiger partial charge in [0.1, 0.15) is 23.4 Å². The van der Waals surface area contributed by atoms with Crippen molar-refractivity contribution in [3.63, 3.8) is 0 Å². The molecule has 1 aliphatic heterocycles. The summed E-state index contributed by atoms with van der Waals surface area (Å²) in [6, 6.07) is 6.91. The van der Waals surface area contributed by atoms with Crippen molar-refractivity contribution < 1.29 is 22.7 Å². The highest BCUT2D eigenvalue weighted by Gasteiger charge is 2.45. The van der Waals surface area contributed by atoms with E-state index in [2.05, 4.69) is 20.3 Å². The maximum atomic E-state index is 13.3. The highest BCUT2D eigenvalue weighted by molar-refractivity contribution is 6.06. The summed E-state index contributed by atoms with van der Waals surface area (Å²) in [7, 11) is 1.68. The fourth-order valence-corrected chi connectivity index (χ4v) is 3.70. The number of alkyl halides is 3. The van der Waals surface area contributed by atoms with Gasteiger partial charge < -0.3 is 15.8 Å². The Morgan fingerprint density at radius 1 is 1.25 bits per heavy atom. The smallest absolute Gasteiger partial charge is 0.378 e. The van der Waals surface area contributed by atoms with Crippen molar-refractivity contribution in [1.82, 2.24) is 19.9 Å². The molecule has 0 spiro atoms. The van der Waals surface area contributed by atoms with Crippen molar-refractivity contribution >= 4 is 22.8 Å². The zero-order valence-corrected chi connectivity index (χ0v) is 17.2. The fraction of sp³-hybridized carbons (Fsp3) is 0.333. The van der Waals surface area contributed by atoms with Crippen LogP contribution in [-0.4, -0.2) is 64.8 Å². The quantitative estimate of drug-likeness (QED) is 0.621. The molecule has 3 heterocycles. The van der Waals surface area contributed by atoms with Crippen LogP contribution in [0.5, 0.6) is 0 Å². The van der Waals surface area contributed by atoms with Crippen LogP contribution in [0.3, 0.4) is 0 Å².